The average Bonchev–Trinajstić information content (AvgIpc) is 3.45. The standard InChI is InChI=1S/C32H43N3O5/c1-23(40-25-13-7-4-8-14-25)30(38)34-18-17-32(39,31(21-34)15-9-10-16-31)22-35-20-27(29(37)33-2)26(19-28(35)36)24-11-5-3-6-12-24/h3,5-6,11-12,19-20,23,25,39H,4,7-10,13-18,21-22H2,1-2H3,(H,33,37). The Morgan fingerprint density at radius 3 is 2.45 bits per heavy atom. The summed E-state index contributed by atoms with van der Waals surface area (Å²) in [5.74, 6) is -0.298. The molecule has 2 unspecified atom stereocenters. The van der Waals surface area contributed by atoms with Crippen LogP contribution in [0.5, 0.6) is 0 Å². The first-order valence-corrected chi connectivity index (χ1v) is 14.9. The highest BCUT2D eigenvalue weighted by Crippen LogP contribution is 2.51. The van der Waals surface area contributed by atoms with Crippen LogP contribution >= 0.6 is 0 Å². The lowest BCUT2D eigenvalue weighted by Crippen LogP contribution is -2.63. The normalized spacial score (nSPS) is 23.7. The quantitative estimate of drug-likeness (QED) is 0.541. The predicted octanol–water partition coefficient (Wildman–Crippen LogP) is 4.14. The van der Waals surface area contributed by atoms with Gasteiger partial charge >= 0.3 is 0 Å². The molecule has 0 bridgehead atoms. The molecule has 1 spiro atoms. The van der Waals surface area contributed by atoms with Crippen LogP contribution in [0.15, 0.2) is 47.4 Å². The molecule has 216 valence electrons. The number of aromatic nitrogens is 1. The van der Waals surface area contributed by atoms with Crippen molar-refractivity contribution >= 4 is 11.8 Å². The molecular formula is C32H43N3O5. The molecule has 2 atom stereocenters. The summed E-state index contributed by atoms with van der Waals surface area (Å²) in [6.45, 7) is 2.81. The topological polar surface area (TPSA) is 101 Å². The first-order chi connectivity index (χ1) is 19.2. The van der Waals surface area contributed by atoms with Crippen molar-refractivity contribution < 1.29 is 19.4 Å². The molecule has 1 saturated heterocycles. The van der Waals surface area contributed by atoms with Crippen molar-refractivity contribution in [3.63, 3.8) is 0 Å². The fourth-order valence-corrected chi connectivity index (χ4v) is 7.24. The third-order valence-corrected chi connectivity index (χ3v) is 9.56. The van der Waals surface area contributed by atoms with Crippen LogP contribution in [0.2, 0.25) is 0 Å². The van der Waals surface area contributed by atoms with Gasteiger partial charge in [0.05, 0.1) is 23.8 Å². The molecule has 2 aromatic rings. The van der Waals surface area contributed by atoms with Crippen LogP contribution in [0.25, 0.3) is 11.1 Å². The van der Waals surface area contributed by atoms with Crippen LogP contribution in [0.4, 0.5) is 0 Å². The molecule has 8 nitrogen and oxygen atoms in total. The number of ether oxygens (including phenoxy) is 1. The highest BCUT2D eigenvalue weighted by molar-refractivity contribution is 6.00. The van der Waals surface area contributed by atoms with Gasteiger partial charge in [-0.3, -0.25) is 14.4 Å². The zero-order valence-corrected chi connectivity index (χ0v) is 23.9. The average molecular weight is 550 g/mol. The first-order valence-electron chi connectivity index (χ1n) is 14.9. The summed E-state index contributed by atoms with van der Waals surface area (Å²) < 4.78 is 7.67. The van der Waals surface area contributed by atoms with Crippen molar-refractivity contribution in [1.29, 1.82) is 0 Å². The number of nitrogens with zero attached hydrogens (tertiary/aromatic N) is 2. The van der Waals surface area contributed by atoms with Crippen LogP contribution < -0.4 is 10.9 Å². The number of hydrogen-bond donors (Lipinski definition) is 2. The third kappa shape index (κ3) is 5.61. The number of aliphatic hydroxyl groups is 1. The minimum Gasteiger partial charge on any atom is -0.387 e. The van der Waals surface area contributed by atoms with Crippen LogP contribution in [-0.2, 0) is 16.1 Å². The molecule has 2 saturated carbocycles. The van der Waals surface area contributed by atoms with Crippen LogP contribution in [0.3, 0.4) is 0 Å². The number of carbonyl (C=O) groups is 2. The van der Waals surface area contributed by atoms with Gasteiger partial charge in [-0.15, -0.1) is 0 Å². The van der Waals surface area contributed by atoms with E-state index < -0.39 is 17.1 Å². The van der Waals surface area contributed by atoms with E-state index in [1.807, 2.05) is 42.2 Å². The molecular weight excluding hydrogens is 506 g/mol. The van der Waals surface area contributed by atoms with E-state index in [9.17, 15) is 19.5 Å². The summed E-state index contributed by atoms with van der Waals surface area (Å²) in [7, 11) is 1.57. The van der Waals surface area contributed by atoms with Gasteiger partial charge in [-0.05, 0) is 44.6 Å². The van der Waals surface area contributed by atoms with Crippen molar-refractivity contribution in [2.45, 2.75) is 95.5 Å². The lowest BCUT2D eigenvalue weighted by Gasteiger charge is -2.52. The molecule has 2 amide bonds. The molecule has 0 radical (unpaired) electrons. The summed E-state index contributed by atoms with van der Waals surface area (Å²) in [6.07, 6.45) is 10.7. The zero-order chi connectivity index (χ0) is 28.3. The first kappa shape index (κ1) is 28.6. The zero-order valence-electron chi connectivity index (χ0n) is 23.9. The van der Waals surface area contributed by atoms with E-state index in [1.54, 1.807) is 13.2 Å². The largest absolute Gasteiger partial charge is 0.387 e. The smallest absolute Gasteiger partial charge is 0.253 e. The second-order valence-electron chi connectivity index (χ2n) is 12.1. The van der Waals surface area contributed by atoms with E-state index >= 15 is 0 Å². The number of nitrogens with one attached hydrogen (secondary N) is 1. The predicted molar refractivity (Wildman–Crippen MR) is 154 cm³/mol. The fraction of sp³-hybridized carbons (Fsp3) is 0.594. The Morgan fingerprint density at radius 1 is 1.07 bits per heavy atom. The van der Waals surface area contributed by atoms with Gasteiger partial charge < -0.3 is 24.6 Å². The Labute approximate surface area is 236 Å². The highest BCUT2D eigenvalue weighted by atomic mass is 16.5. The maximum atomic E-state index is 13.5. The van der Waals surface area contributed by atoms with Gasteiger partial charge in [0.1, 0.15) is 6.10 Å². The Morgan fingerprint density at radius 2 is 1.77 bits per heavy atom. The minimum absolute atomic E-state index is 0.00909. The van der Waals surface area contributed by atoms with Crippen LogP contribution in [0, 0.1) is 5.41 Å². The van der Waals surface area contributed by atoms with Gasteiger partial charge in [0.15, 0.2) is 0 Å². The van der Waals surface area contributed by atoms with Crippen molar-refractivity contribution in [3.8, 4) is 11.1 Å². The molecule has 2 heterocycles. The Balaban J connectivity index is 1.39. The maximum absolute atomic E-state index is 13.5. The molecule has 3 aliphatic rings. The minimum atomic E-state index is -1.17. The summed E-state index contributed by atoms with van der Waals surface area (Å²) in [5, 5.41) is 14.9. The molecule has 1 aliphatic heterocycles. The van der Waals surface area contributed by atoms with Crippen LogP contribution in [0.1, 0.15) is 81.5 Å². The molecule has 1 aromatic carbocycles. The van der Waals surface area contributed by atoms with E-state index in [-0.39, 0.29) is 30.0 Å². The maximum Gasteiger partial charge on any atom is 0.253 e. The Kier molecular flexibility index (Phi) is 8.47. The third-order valence-electron chi connectivity index (χ3n) is 9.56. The number of hydrogen-bond acceptors (Lipinski definition) is 5. The van der Waals surface area contributed by atoms with Gasteiger partial charge in [-0.25, -0.2) is 0 Å². The number of benzene rings is 1. The molecule has 40 heavy (non-hydrogen) atoms. The summed E-state index contributed by atoms with van der Waals surface area (Å²) in [5.41, 5.74) is -0.203. The molecule has 5 rings (SSSR count). The van der Waals surface area contributed by atoms with Crippen LogP contribution in [-0.4, -0.2) is 64.3 Å². The van der Waals surface area contributed by atoms with E-state index in [0.29, 0.717) is 30.6 Å². The molecule has 3 fully saturated rings. The summed E-state index contributed by atoms with van der Waals surface area (Å²) >= 11 is 0. The SMILES string of the molecule is CNC(=O)c1cn(CC2(O)CCN(C(=O)C(C)OC3CCCCC3)CC23CCCC3)c(=O)cc1-c1ccccc1. The van der Waals surface area contributed by atoms with E-state index in [0.717, 1.165) is 56.9 Å². The Bertz CT molecular complexity index is 1260. The number of amides is 2. The van der Waals surface area contributed by atoms with Crippen molar-refractivity contribution in [2.24, 2.45) is 5.41 Å². The van der Waals surface area contributed by atoms with E-state index in [1.165, 1.54) is 17.1 Å². The van der Waals surface area contributed by atoms with Crippen molar-refractivity contribution in [3.05, 3.63) is 58.5 Å². The number of likely N-dealkylation sites (tertiary alicyclic amines) is 1. The number of rotatable bonds is 7. The fourth-order valence-electron chi connectivity index (χ4n) is 7.24. The summed E-state index contributed by atoms with van der Waals surface area (Å²) in [4.78, 5) is 41.6. The van der Waals surface area contributed by atoms with Gasteiger partial charge in [-0.2, -0.15) is 0 Å². The second-order valence-corrected chi connectivity index (χ2v) is 12.1. The number of pyridine rings is 1. The molecule has 1 aromatic heterocycles. The highest BCUT2D eigenvalue weighted by Gasteiger charge is 2.56. The Hall–Kier alpha value is -2.97. The van der Waals surface area contributed by atoms with Gasteiger partial charge in [-0.1, -0.05) is 62.4 Å². The van der Waals surface area contributed by atoms with E-state index in [2.05, 4.69) is 5.32 Å². The van der Waals surface area contributed by atoms with Gasteiger partial charge in [0.25, 0.3) is 17.4 Å². The molecule has 8 heteroatoms. The number of carbonyl (C=O) groups excluding carboxylic acids is 2. The van der Waals surface area contributed by atoms with Gasteiger partial charge in [0.2, 0.25) is 0 Å². The molecule has 2 N–H and O–H groups in total. The number of piperidine rings is 1. The monoisotopic (exact) mass is 549 g/mol. The van der Waals surface area contributed by atoms with E-state index in [4.69, 9.17) is 4.74 Å². The molecule has 2 aliphatic carbocycles. The lowest BCUT2D eigenvalue weighted by atomic mass is 9.65. The summed E-state index contributed by atoms with van der Waals surface area (Å²) in [6, 6.07) is 10.9. The van der Waals surface area contributed by atoms with Crippen molar-refractivity contribution in [1.82, 2.24) is 14.8 Å². The second kappa shape index (κ2) is 11.9. The van der Waals surface area contributed by atoms with Gasteiger partial charge in [0, 0.05) is 43.4 Å². The van der Waals surface area contributed by atoms with Crippen molar-refractivity contribution in [2.75, 3.05) is 20.1 Å². The lowest BCUT2D eigenvalue weighted by molar-refractivity contribution is -0.170.